The molecule has 3 heterocycles. The Kier molecular flexibility index (Phi) is 5.08. The Morgan fingerprint density at radius 1 is 1.03 bits per heavy atom. The van der Waals surface area contributed by atoms with Crippen LogP contribution in [0.4, 0.5) is 4.79 Å². The number of para-hydroxylation sites is 1. The fourth-order valence-electron chi connectivity index (χ4n) is 5.27. The minimum atomic E-state index is -1.19. The van der Waals surface area contributed by atoms with Crippen LogP contribution in [0.1, 0.15) is 44.9 Å². The molecule has 174 valence electrons. The molecule has 34 heavy (non-hydrogen) atoms. The summed E-state index contributed by atoms with van der Waals surface area (Å²) in [5, 5.41) is 2.85. The molecule has 3 aromatic rings. The predicted molar refractivity (Wildman–Crippen MR) is 128 cm³/mol. The SMILES string of the molecule is Cc1cc(C)cc(-n2c(C)cc(C(=O)CN3C(=O)NC4(CCOc5ccccc54)C3=O)c2C)c1. The van der Waals surface area contributed by atoms with E-state index in [-0.39, 0.29) is 12.3 Å². The lowest BCUT2D eigenvalue weighted by atomic mass is 9.84. The number of hydrogen-bond acceptors (Lipinski definition) is 4. The molecule has 1 unspecified atom stereocenters. The van der Waals surface area contributed by atoms with Gasteiger partial charge in [0, 0.05) is 34.6 Å². The number of imide groups is 1. The van der Waals surface area contributed by atoms with E-state index in [1.165, 1.54) is 0 Å². The van der Waals surface area contributed by atoms with E-state index in [9.17, 15) is 14.4 Å². The summed E-state index contributed by atoms with van der Waals surface area (Å²) in [6.45, 7) is 7.91. The molecule has 0 radical (unpaired) electrons. The van der Waals surface area contributed by atoms with Crippen LogP contribution in [-0.4, -0.2) is 40.3 Å². The van der Waals surface area contributed by atoms with Gasteiger partial charge in [-0.05, 0) is 63.1 Å². The molecule has 2 aromatic carbocycles. The van der Waals surface area contributed by atoms with E-state index in [0.29, 0.717) is 29.9 Å². The highest BCUT2D eigenvalue weighted by Gasteiger charge is 2.55. The van der Waals surface area contributed by atoms with Gasteiger partial charge in [0.05, 0.1) is 13.2 Å². The molecule has 5 rings (SSSR count). The van der Waals surface area contributed by atoms with Gasteiger partial charge in [0.2, 0.25) is 0 Å². The van der Waals surface area contributed by atoms with Crippen LogP contribution in [0.3, 0.4) is 0 Å². The topological polar surface area (TPSA) is 80.6 Å². The number of hydrogen-bond donors (Lipinski definition) is 1. The minimum absolute atomic E-state index is 0.274. The Balaban J connectivity index is 1.45. The molecule has 2 aliphatic heterocycles. The number of benzene rings is 2. The lowest BCUT2D eigenvalue weighted by Gasteiger charge is -2.33. The van der Waals surface area contributed by atoms with E-state index in [1.54, 1.807) is 12.1 Å². The number of carbonyl (C=O) groups is 3. The van der Waals surface area contributed by atoms with Crippen LogP contribution in [0.25, 0.3) is 5.69 Å². The van der Waals surface area contributed by atoms with E-state index in [1.807, 2.05) is 50.5 Å². The van der Waals surface area contributed by atoms with Gasteiger partial charge in [0.25, 0.3) is 5.91 Å². The van der Waals surface area contributed by atoms with E-state index < -0.39 is 17.5 Å². The third-order valence-electron chi connectivity index (χ3n) is 6.76. The Morgan fingerprint density at radius 2 is 1.74 bits per heavy atom. The smallest absolute Gasteiger partial charge is 0.325 e. The van der Waals surface area contributed by atoms with Crippen molar-refractivity contribution in [2.24, 2.45) is 0 Å². The highest BCUT2D eigenvalue weighted by molar-refractivity contribution is 6.12. The fourth-order valence-corrected chi connectivity index (χ4v) is 5.27. The zero-order valence-corrected chi connectivity index (χ0v) is 19.8. The summed E-state index contributed by atoms with van der Waals surface area (Å²) in [6, 6.07) is 14.7. The number of nitrogens with zero attached hydrogens (tertiary/aromatic N) is 2. The van der Waals surface area contributed by atoms with Crippen LogP contribution < -0.4 is 10.1 Å². The fraction of sp³-hybridized carbons (Fsp3) is 0.296. The first kappa shape index (κ1) is 21.9. The van der Waals surface area contributed by atoms with Crippen LogP contribution in [0, 0.1) is 27.7 Å². The second kappa shape index (κ2) is 7.87. The summed E-state index contributed by atoms with van der Waals surface area (Å²) in [4.78, 5) is 40.8. The molecule has 0 bridgehead atoms. The maximum absolute atomic E-state index is 13.5. The molecule has 0 aliphatic carbocycles. The average molecular weight is 458 g/mol. The molecule has 1 aromatic heterocycles. The standard InChI is InChI=1S/C27H27N3O4/c1-16-11-17(2)13-20(12-16)30-18(3)14-21(19(30)4)23(31)15-29-25(32)27(28-26(29)33)9-10-34-24-8-6-5-7-22(24)27/h5-8,11-14H,9-10,15H2,1-4H3,(H,28,33). The van der Waals surface area contributed by atoms with Gasteiger partial charge < -0.3 is 14.6 Å². The molecular weight excluding hydrogens is 430 g/mol. The number of Topliss-reactive ketones (excluding diaryl/α,β-unsaturated/α-hetero) is 1. The van der Waals surface area contributed by atoms with Crippen LogP contribution in [0.15, 0.2) is 48.5 Å². The van der Waals surface area contributed by atoms with Crippen molar-refractivity contribution >= 4 is 17.7 Å². The number of rotatable bonds is 4. The molecule has 1 spiro atoms. The second-order valence-electron chi connectivity index (χ2n) is 9.21. The number of nitrogens with one attached hydrogen (secondary N) is 1. The predicted octanol–water partition coefficient (Wildman–Crippen LogP) is 4.12. The first-order chi connectivity index (χ1) is 16.2. The van der Waals surface area contributed by atoms with Crippen molar-refractivity contribution in [2.45, 2.75) is 39.7 Å². The normalized spacial score (nSPS) is 19.2. The molecule has 1 N–H and O–H groups in total. The van der Waals surface area contributed by atoms with Crippen LogP contribution in [0.2, 0.25) is 0 Å². The number of aromatic nitrogens is 1. The van der Waals surface area contributed by atoms with Crippen molar-refractivity contribution < 1.29 is 19.1 Å². The average Bonchev–Trinajstić information content (AvgIpc) is 3.21. The molecule has 1 fully saturated rings. The highest BCUT2D eigenvalue weighted by Crippen LogP contribution is 2.41. The van der Waals surface area contributed by atoms with Crippen molar-refractivity contribution in [3.63, 3.8) is 0 Å². The molecule has 7 heteroatoms. The maximum atomic E-state index is 13.5. The van der Waals surface area contributed by atoms with E-state index in [4.69, 9.17) is 4.74 Å². The maximum Gasteiger partial charge on any atom is 0.325 e. The number of ketones is 1. The lowest BCUT2D eigenvalue weighted by molar-refractivity contribution is -0.132. The molecule has 1 atom stereocenters. The minimum Gasteiger partial charge on any atom is -0.493 e. The zero-order valence-electron chi connectivity index (χ0n) is 19.8. The van der Waals surface area contributed by atoms with Crippen molar-refractivity contribution in [3.8, 4) is 11.4 Å². The van der Waals surface area contributed by atoms with Gasteiger partial charge in [-0.15, -0.1) is 0 Å². The molecule has 0 saturated carbocycles. The third-order valence-corrected chi connectivity index (χ3v) is 6.76. The second-order valence-corrected chi connectivity index (χ2v) is 9.21. The Labute approximate surface area is 198 Å². The molecule has 3 amide bonds. The first-order valence-electron chi connectivity index (χ1n) is 11.4. The van der Waals surface area contributed by atoms with Crippen molar-refractivity contribution in [2.75, 3.05) is 13.2 Å². The number of carbonyl (C=O) groups excluding carboxylic acids is 3. The summed E-state index contributed by atoms with van der Waals surface area (Å²) >= 11 is 0. The zero-order chi connectivity index (χ0) is 24.2. The first-order valence-corrected chi connectivity index (χ1v) is 11.4. The molecule has 7 nitrogen and oxygen atoms in total. The number of urea groups is 1. The van der Waals surface area contributed by atoms with Gasteiger partial charge in [-0.2, -0.15) is 0 Å². The molecular formula is C27H27N3O4. The number of amides is 3. The largest absolute Gasteiger partial charge is 0.493 e. The van der Waals surface area contributed by atoms with Gasteiger partial charge in [0.1, 0.15) is 5.75 Å². The summed E-state index contributed by atoms with van der Waals surface area (Å²) in [6.07, 6.45) is 0.320. The van der Waals surface area contributed by atoms with E-state index in [0.717, 1.165) is 33.1 Å². The number of fused-ring (bicyclic) bond motifs is 2. The van der Waals surface area contributed by atoms with Gasteiger partial charge in [-0.3, -0.25) is 14.5 Å². The van der Waals surface area contributed by atoms with Crippen LogP contribution >= 0.6 is 0 Å². The summed E-state index contributed by atoms with van der Waals surface area (Å²) in [7, 11) is 0. The van der Waals surface area contributed by atoms with Gasteiger partial charge >= 0.3 is 6.03 Å². The van der Waals surface area contributed by atoms with E-state index >= 15 is 0 Å². The summed E-state index contributed by atoms with van der Waals surface area (Å²) in [5.74, 6) is -0.109. The molecule has 2 aliphatic rings. The van der Waals surface area contributed by atoms with Crippen molar-refractivity contribution in [1.29, 1.82) is 0 Å². The van der Waals surface area contributed by atoms with E-state index in [2.05, 4.69) is 23.5 Å². The summed E-state index contributed by atoms with van der Waals surface area (Å²) in [5.41, 5.74) is 4.90. The van der Waals surface area contributed by atoms with Gasteiger partial charge in [-0.25, -0.2) is 4.79 Å². The number of ether oxygens (including phenoxy) is 1. The lowest BCUT2D eigenvalue weighted by Crippen LogP contribution is -2.47. The third kappa shape index (κ3) is 3.31. The molecule has 1 saturated heterocycles. The Hall–Kier alpha value is -3.87. The highest BCUT2D eigenvalue weighted by atomic mass is 16.5. The Bertz CT molecular complexity index is 1340. The number of aryl methyl sites for hydroxylation is 3. The van der Waals surface area contributed by atoms with Gasteiger partial charge in [0.15, 0.2) is 11.3 Å². The summed E-state index contributed by atoms with van der Waals surface area (Å²) < 4.78 is 7.72. The Morgan fingerprint density at radius 3 is 2.47 bits per heavy atom. The quantitative estimate of drug-likeness (QED) is 0.472. The van der Waals surface area contributed by atoms with Crippen molar-refractivity contribution in [1.82, 2.24) is 14.8 Å². The monoisotopic (exact) mass is 457 g/mol. The van der Waals surface area contributed by atoms with Gasteiger partial charge in [-0.1, -0.05) is 24.3 Å². The van der Waals surface area contributed by atoms with Crippen LogP contribution in [0.5, 0.6) is 5.75 Å². The van der Waals surface area contributed by atoms with Crippen molar-refractivity contribution in [3.05, 3.63) is 82.2 Å². The van der Waals surface area contributed by atoms with Crippen LogP contribution in [-0.2, 0) is 10.3 Å².